The molecular weight excluding hydrogens is 326 g/mol. The molecule has 1 fully saturated rings. The van der Waals surface area contributed by atoms with Gasteiger partial charge in [0, 0.05) is 19.2 Å². The summed E-state index contributed by atoms with van der Waals surface area (Å²) in [4.78, 5) is 0.353. The molecule has 2 aromatic carbocycles. The lowest BCUT2D eigenvalue weighted by Gasteiger charge is -2.38. The maximum absolute atomic E-state index is 12.5. The van der Waals surface area contributed by atoms with Crippen LogP contribution < -0.4 is 9.47 Å². The van der Waals surface area contributed by atoms with E-state index >= 15 is 0 Å². The Bertz CT molecular complexity index is 777. The molecule has 0 aromatic heterocycles. The van der Waals surface area contributed by atoms with Crippen molar-refractivity contribution in [1.29, 1.82) is 0 Å². The fourth-order valence-corrected chi connectivity index (χ4v) is 4.52. The summed E-state index contributed by atoms with van der Waals surface area (Å²) in [5, 5.41) is 0. The van der Waals surface area contributed by atoms with Gasteiger partial charge in [0.05, 0.1) is 19.1 Å². The lowest BCUT2D eigenvalue weighted by atomic mass is 9.94. The Labute approximate surface area is 142 Å². The Balaban J connectivity index is 1.65. The standard InChI is InChI=1S/C18H21NO4S/c1-22-16-9-14(10-17(11-16)23-2)8-15-12-19(13-15)24(20,21)18-6-4-3-5-7-18/h3-7,9-11,15H,8,12-13H2,1-2H3. The van der Waals surface area contributed by atoms with Crippen molar-refractivity contribution in [2.24, 2.45) is 5.92 Å². The molecule has 0 aliphatic carbocycles. The molecule has 0 spiro atoms. The number of sulfonamides is 1. The van der Waals surface area contributed by atoms with Crippen molar-refractivity contribution in [3.05, 3.63) is 54.1 Å². The van der Waals surface area contributed by atoms with Gasteiger partial charge in [-0.2, -0.15) is 4.31 Å². The summed E-state index contributed by atoms with van der Waals surface area (Å²) in [6, 6.07) is 14.3. The van der Waals surface area contributed by atoms with E-state index in [0.717, 1.165) is 23.5 Å². The molecule has 3 rings (SSSR count). The van der Waals surface area contributed by atoms with Crippen LogP contribution in [0.25, 0.3) is 0 Å². The first-order chi connectivity index (χ1) is 11.5. The van der Waals surface area contributed by atoms with Crippen molar-refractivity contribution in [3.8, 4) is 11.5 Å². The molecule has 1 aliphatic heterocycles. The molecule has 6 heteroatoms. The van der Waals surface area contributed by atoms with E-state index in [1.807, 2.05) is 24.3 Å². The highest BCUT2D eigenvalue weighted by Gasteiger charge is 2.36. The van der Waals surface area contributed by atoms with Gasteiger partial charge in [0.1, 0.15) is 11.5 Å². The molecule has 1 saturated heterocycles. The Hall–Kier alpha value is -2.05. The van der Waals surface area contributed by atoms with Crippen molar-refractivity contribution in [2.75, 3.05) is 27.3 Å². The third kappa shape index (κ3) is 3.39. The summed E-state index contributed by atoms with van der Waals surface area (Å²) >= 11 is 0. The minimum atomic E-state index is -3.37. The molecule has 1 heterocycles. The zero-order valence-corrected chi connectivity index (χ0v) is 14.6. The van der Waals surface area contributed by atoms with Crippen molar-refractivity contribution >= 4 is 10.0 Å². The van der Waals surface area contributed by atoms with Gasteiger partial charge < -0.3 is 9.47 Å². The van der Waals surface area contributed by atoms with Crippen LogP contribution in [-0.4, -0.2) is 40.0 Å². The maximum atomic E-state index is 12.5. The first-order valence-electron chi connectivity index (χ1n) is 7.80. The maximum Gasteiger partial charge on any atom is 0.243 e. The van der Waals surface area contributed by atoms with Crippen LogP contribution in [0.1, 0.15) is 5.56 Å². The second kappa shape index (κ2) is 6.83. The van der Waals surface area contributed by atoms with Gasteiger partial charge in [-0.25, -0.2) is 8.42 Å². The number of methoxy groups -OCH3 is 2. The molecule has 2 aromatic rings. The average molecular weight is 347 g/mol. The molecule has 0 amide bonds. The number of nitrogens with zero attached hydrogens (tertiary/aromatic N) is 1. The normalized spacial score (nSPS) is 15.8. The predicted molar refractivity (Wildman–Crippen MR) is 91.9 cm³/mol. The number of benzene rings is 2. The second-order valence-corrected chi connectivity index (χ2v) is 7.86. The van der Waals surface area contributed by atoms with Gasteiger partial charge in [-0.15, -0.1) is 0 Å². The SMILES string of the molecule is COc1cc(CC2CN(S(=O)(=O)c3ccccc3)C2)cc(OC)c1. The third-order valence-electron chi connectivity index (χ3n) is 4.24. The number of rotatable bonds is 6. The van der Waals surface area contributed by atoms with Crippen LogP contribution in [0.15, 0.2) is 53.4 Å². The van der Waals surface area contributed by atoms with E-state index in [2.05, 4.69) is 0 Å². The molecule has 0 atom stereocenters. The van der Waals surface area contributed by atoms with Crippen LogP contribution >= 0.6 is 0 Å². The first kappa shape index (κ1) is 16.8. The Morgan fingerprint density at radius 2 is 1.58 bits per heavy atom. The van der Waals surface area contributed by atoms with Crippen LogP contribution in [0.3, 0.4) is 0 Å². The fourth-order valence-electron chi connectivity index (χ4n) is 2.91. The van der Waals surface area contributed by atoms with E-state index in [1.165, 1.54) is 4.31 Å². The van der Waals surface area contributed by atoms with Crippen LogP contribution in [0, 0.1) is 5.92 Å². The van der Waals surface area contributed by atoms with Gasteiger partial charge in [-0.05, 0) is 42.2 Å². The highest BCUT2D eigenvalue weighted by atomic mass is 32.2. The number of ether oxygens (including phenoxy) is 2. The lowest BCUT2D eigenvalue weighted by Crippen LogP contribution is -2.50. The summed E-state index contributed by atoms with van der Waals surface area (Å²) in [7, 11) is -0.127. The van der Waals surface area contributed by atoms with E-state index in [1.54, 1.807) is 38.5 Å². The zero-order chi connectivity index (χ0) is 17.2. The number of hydrogen-bond acceptors (Lipinski definition) is 4. The van der Waals surface area contributed by atoms with Crippen LogP contribution in [0.5, 0.6) is 11.5 Å². The molecular formula is C18H21NO4S. The summed E-state index contributed by atoms with van der Waals surface area (Å²) < 4.78 is 37.1. The second-order valence-electron chi connectivity index (χ2n) is 5.93. The molecule has 5 nitrogen and oxygen atoms in total. The average Bonchev–Trinajstić information content (AvgIpc) is 2.58. The molecule has 1 aliphatic rings. The van der Waals surface area contributed by atoms with Crippen molar-refractivity contribution < 1.29 is 17.9 Å². The minimum absolute atomic E-state index is 0.306. The van der Waals surface area contributed by atoms with E-state index in [4.69, 9.17) is 9.47 Å². The quantitative estimate of drug-likeness (QED) is 0.806. The Kier molecular flexibility index (Phi) is 4.78. The van der Waals surface area contributed by atoms with Crippen molar-refractivity contribution in [1.82, 2.24) is 4.31 Å². The van der Waals surface area contributed by atoms with Gasteiger partial charge in [-0.3, -0.25) is 0 Å². The van der Waals surface area contributed by atoms with E-state index in [0.29, 0.717) is 23.9 Å². The third-order valence-corrected chi connectivity index (χ3v) is 6.09. The molecule has 0 unspecified atom stereocenters. The first-order valence-corrected chi connectivity index (χ1v) is 9.24. The van der Waals surface area contributed by atoms with Crippen LogP contribution in [0.4, 0.5) is 0 Å². The Morgan fingerprint density at radius 1 is 1.00 bits per heavy atom. The van der Waals surface area contributed by atoms with Gasteiger partial charge in [0.25, 0.3) is 0 Å². The van der Waals surface area contributed by atoms with Gasteiger partial charge in [-0.1, -0.05) is 18.2 Å². The minimum Gasteiger partial charge on any atom is -0.497 e. The van der Waals surface area contributed by atoms with E-state index in [-0.39, 0.29) is 0 Å². The Morgan fingerprint density at radius 3 is 2.12 bits per heavy atom. The summed E-state index contributed by atoms with van der Waals surface area (Å²) in [5.74, 6) is 1.80. The van der Waals surface area contributed by atoms with Crippen molar-refractivity contribution in [2.45, 2.75) is 11.3 Å². The summed E-state index contributed by atoms with van der Waals surface area (Å²) in [5.41, 5.74) is 1.09. The molecule has 0 bridgehead atoms. The molecule has 24 heavy (non-hydrogen) atoms. The molecule has 0 radical (unpaired) electrons. The topological polar surface area (TPSA) is 55.8 Å². The van der Waals surface area contributed by atoms with E-state index in [9.17, 15) is 8.42 Å². The summed E-state index contributed by atoms with van der Waals surface area (Å²) in [6.45, 7) is 1.08. The highest BCUT2D eigenvalue weighted by Crippen LogP contribution is 2.30. The predicted octanol–water partition coefficient (Wildman–Crippen LogP) is 2.57. The zero-order valence-electron chi connectivity index (χ0n) is 13.8. The van der Waals surface area contributed by atoms with Crippen molar-refractivity contribution in [3.63, 3.8) is 0 Å². The molecule has 0 N–H and O–H groups in total. The van der Waals surface area contributed by atoms with Gasteiger partial charge in [0.2, 0.25) is 10.0 Å². The van der Waals surface area contributed by atoms with Crippen LogP contribution in [0.2, 0.25) is 0 Å². The largest absolute Gasteiger partial charge is 0.497 e. The molecule has 0 saturated carbocycles. The smallest absolute Gasteiger partial charge is 0.243 e. The summed E-state index contributed by atoms with van der Waals surface area (Å²) in [6.07, 6.45) is 0.800. The lowest BCUT2D eigenvalue weighted by molar-refractivity contribution is 0.200. The van der Waals surface area contributed by atoms with E-state index < -0.39 is 10.0 Å². The van der Waals surface area contributed by atoms with Gasteiger partial charge >= 0.3 is 0 Å². The fraction of sp³-hybridized carbons (Fsp3) is 0.333. The monoisotopic (exact) mass is 347 g/mol. The molecule has 128 valence electrons. The van der Waals surface area contributed by atoms with Crippen LogP contribution in [-0.2, 0) is 16.4 Å². The number of hydrogen-bond donors (Lipinski definition) is 0. The van der Waals surface area contributed by atoms with Gasteiger partial charge in [0.15, 0.2) is 0 Å². The highest BCUT2D eigenvalue weighted by molar-refractivity contribution is 7.89.